The van der Waals surface area contributed by atoms with Crippen LogP contribution in [0.2, 0.25) is 0 Å². The molecular formula is C2H4CsO5P. The standard InChI is InChI=1S/C2H5O5P.Cs/c3-2(4)1-8(5,6)7;/h1H2,(H,3,4)(H2,5,6,7);/q;+1/p-1. The smallest absolute Gasteiger partial charge is 0.549 e. The van der Waals surface area contributed by atoms with Gasteiger partial charge in [0, 0.05) is 0 Å². The van der Waals surface area contributed by atoms with Gasteiger partial charge in [0.2, 0.25) is 0 Å². The zero-order valence-corrected chi connectivity index (χ0v) is 11.9. The van der Waals surface area contributed by atoms with E-state index in [0.717, 1.165) is 0 Å². The monoisotopic (exact) mass is 272 g/mol. The van der Waals surface area contributed by atoms with Gasteiger partial charge in [0.15, 0.2) is 0 Å². The predicted octanol–water partition coefficient (Wildman–Crippen LogP) is -5.08. The van der Waals surface area contributed by atoms with Crippen LogP contribution >= 0.6 is 7.60 Å². The second-order valence-corrected chi connectivity index (χ2v) is 2.84. The van der Waals surface area contributed by atoms with Crippen molar-refractivity contribution in [3.8, 4) is 0 Å². The Morgan fingerprint density at radius 3 is 1.89 bits per heavy atom. The Morgan fingerprint density at radius 1 is 1.56 bits per heavy atom. The Bertz CT molecular complexity index is 138. The van der Waals surface area contributed by atoms with Gasteiger partial charge in [0.1, 0.15) is 0 Å². The minimum Gasteiger partial charge on any atom is -0.549 e. The molecule has 7 heteroatoms. The Balaban J connectivity index is 0. The van der Waals surface area contributed by atoms with Crippen LogP contribution in [-0.2, 0) is 9.36 Å². The van der Waals surface area contributed by atoms with Gasteiger partial charge in [-0.05, 0) is 0 Å². The molecule has 0 saturated heterocycles. The first-order chi connectivity index (χ1) is 3.42. The van der Waals surface area contributed by atoms with E-state index in [0.29, 0.717) is 0 Å². The molecule has 0 aliphatic heterocycles. The summed E-state index contributed by atoms with van der Waals surface area (Å²) in [6.45, 7) is 0. The number of carboxylic acid groups (broad SMARTS) is 1. The predicted molar refractivity (Wildman–Crippen MR) is 21.9 cm³/mol. The molecule has 0 aromatic rings. The van der Waals surface area contributed by atoms with E-state index in [1.54, 1.807) is 0 Å². The first-order valence-corrected chi connectivity index (χ1v) is 3.46. The number of carbonyl (C=O) groups is 1. The van der Waals surface area contributed by atoms with Crippen molar-refractivity contribution in [2.24, 2.45) is 0 Å². The molecule has 48 valence electrons. The molecule has 0 amide bonds. The van der Waals surface area contributed by atoms with Crippen LogP contribution in [0.1, 0.15) is 0 Å². The molecule has 0 spiro atoms. The van der Waals surface area contributed by atoms with Crippen molar-refractivity contribution < 1.29 is 93.1 Å². The first-order valence-electron chi connectivity index (χ1n) is 1.66. The maximum Gasteiger partial charge on any atom is 1.00 e. The first kappa shape index (κ1) is 13.3. The molecule has 9 heavy (non-hydrogen) atoms. The Kier molecular flexibility index (Phi) is 7.88. The number of rotatable bonds is 2. The number of carbonyl (C=O) groups excluding carboxylic acids is 1. The Morgan fingerprint density at radius 2 is 1.89 bits per heavy atom. The molecule has 0 aliphatic rings. The van der Waals surface area contributed by atoms with Gasteiger partial charge in [-0.3, -0.25) is 4.57 Å². The fraction of sp³-hybridized carbons (Fsp3) is 0.500. The number of carboxylic acids is 1. The van der Waals surface area contributed by atoms with E-state index in [2.05, 4.69) is 0 Å². The molecule has 0 atom stereocenters. The van der Waals surface area contributed by atoms with Gasteiger partial charge in [-0.1, -0.05) is 0 Å². The normalized spacial score (nSPS) is 10.0. The van der Waals surface area contributed by atoms with E-state index in [-0.39, 0.29) is 68.9 Å². The van der Waals surface area contributed by atoms with Crippen molar-refractivity contribution in [2.45, 2.75) is 0 Å². The molecule has 0 aliphatic carbocycles. The van der Waals surface area contributed by atoms with Crippen LogP contribution in [0, 0.1) is 0 Å². The Labute approximate surface area is 110 Å². The minimum absolute atomic E-state index is 0. The van der Waals surface area contributed by atoms with Crippen molar-refractivity contribution in [1.82, 2.24) is 0 Å². The van der Waals surface area contributed by atoms with Gasteiger partial charge in [0.25, 0.3) is 0 Å². The van der Waals surface area contributed by atoms with Crippen LogP contribution in [0.5, 0.6) is 0 Å². The fourth-order valence-corrected chi connectivity index (χ4v) is 0.505. The SMILES string of the molecule is O=C([O-])CP(=O)(O)O.[Cs+]. The largest absolute Gasteiger partial charge is 1.00 e. The molecule has 0 bridgehead atoms. The summed E-state index contributed by atoms with van der Waals surface area (Å²) in [5, 5.41) is 9.41. The zero-order valence-electron chi connectivity index (χ0n) is 4.77. The van der Waals surface area contributed by atoms with Crippen molar-refractivity contribution in [1.29, 1.82) is 0 Å². The van der Waals surface area contributed by atoms with Crippen LogP contribution in [0.15, 0.2) is 0 Å². The van der Waals surface area contributed by atoms with E-state index in [1.807, 2.05) is 0 Å². The maximum absolute atomic E-state index is 9.72. The molecule has 0 unspecified atom stereocenters. The molecule has 0 aromatic carbocycles. The summed E-state index contributed by atoms with van der Waals surface area (Å²) < 4.78 is 9.72. The van der Waals surface area contributed by atoms with E-state index >= 15 is 0 Å². The summed E-state index contributed by atoms with van der Waals surface area (Å²) in [5.41, 5.74) is 0. The van der Waals surface area contributed by atoms with Crippen molar-refractivity contribution >= 4 is 13.6 Å². The average Bonchev–Trinajstić information content (AvgIpc) is 1.21. The summed E-state index contributed by atoms with van der Waals surface area (Å²) in [6, 6.07) is 0. The maximum atomic E-state index is 9.72. The van der Waals surface area contributed by atoms with Gasteiger partial charge >= 0.3 is 76.5 Å². The van der Waals surface area contributed by atoms with Gasteiger partial charge in [0.05, 0.1) is 12.1 Å². The second kappa shape index (κ2) is 5.34. The molecule has 0 saturated carbocycles. The quantitative estimate of drug-likeness (QED) is 0.490. The molecular weight excluding hydrogens is 268 g/mol. The van der Waals surface area contributed by atoms with E-state index in [9.17, 15) is 14.5 Å². The summed E-state index contributed by atoms with van der Waals surface area (Å²) in [4.78, 5) is 25.2. The Hall–Kier alpha value is 1.67. The average molecular weight is 272 g/mol. The minimum atomic E-state index is -4.38. The third-order valence-electron chi connectivity index (χ3n) is 0.335. The van der Waals surface area contributed by atoms with Crippen LogP contribution in [-0.4, -0.2) is 21.9 Å². The summed E-state index contributed by atoms with van der Waals surface area (Å²) in [5.74, 6) is -1.74. The number of aliphatic carboxylic acids is 1. The van der Waals surface area contributed by atoms with Crippen LogP contribution in [0.3, 0.4) is 0 Å². The van der Waals surface area contributed by atoms with Crippen LogP contribution in [0.4, 0.5) is 0 Å². The van der Waals surface area contributed by atoms with Crippen LogP contribution < -0.4 is 74.0 Å². The third kappa shape index (κ3) is 12.8. The van der Waals surface area contributed by atoms with Gasteiger partial charge < -0.3 is 19.7 Å². The molecule has 0 heterocycles. The zero-order chi connectivity index (χ0) is 6.78. The van der Waals surface area contributed by atoms with E-state index in [1.165, 1.54) is 0 Å². The molecule has 0 rings (SSSR count). The molecule has 0 fully saturated rings. The summed E-state index contributed by atoms with van der Waals surface area (Å²) >= 11 is 0. The van der Waals surface area contributed by atoms with Crippen LogP contribution in [0.25, 0.3) is 0 Å². The van der Waals surface area contributed by atoms with E-state index in [4.69, 9.17) is 9.79 Å². The van der Waals surface area contributed by atoms with Crippen molar-refractivity contribution in [2.75, 3.05) is 6.16 Å². The second-order valence-electron chi connectivity index (χ2n) is 1.19. The van der Waals surface area contributed by atoms with E-state index < -0.39 is 19.7 Å². The number of hydrogen-bond acceptors (Lipinski definition) is 3. The molecule has 5 nitrogen and oxygen atoms in total. The van der Waals surface area contributed by atoms with Gasteiger partial charge in [-0.2, -0.15) is 0 Å². The van der Waals surface area contributed by atoms with Crippen molar-refractivity contribution in [3.05, 3.63) is 0 Å². The third-order valence-corrected chi connectivity index (χ3v) is 1.01. The van der Waals surface area contributed by atoms with Gasteiger partial charge in [-0.15, -0.1) is 0 Å². The molecule has 0 radical (unpaired) electrons. The van der Waals surface area contributed by atoms with Gasteiger partial charge in [-0.25, -0.2) is 0 Å². The summed E-state index contributed by atoms with van der Waals surface area (Å²) in [7, 11) is -4.38. The molecule has 0 aromatic heterocycles. The van der Waals surface area contributed by atoms with Crippen molar-refractivity contribution in [3.63, 3.8) is 0 Å². The topological polar surface area (TPSA) is 97.7 Å². The fourth-order valence-electron chi connectivity index (χ4n) is 0.168. The molecule has 2 N–H and O–H groups in total. The summed E-state index contributed by atoms with van der Waals surface area (Å²) in [6.07, 6.45) is -1.20. The number of hydrogen-bond donors (Lipinski definition) is 2.